The Kier molecular flexibility index (Phi) is 2.68. The van der Waals surface area contributed by atoms with Crippen molar-refractivity contribution in [3.05, 3.63) is 53.0 Å². The average molecular weight is 271 g/mol. The summed E-state index contributed by atoms with van der Waals surface area (Å²) in [6.45, 7) is 0. The zero-order valence-corrected chi connectivity index (χ0v) is 10.1. The Labute approximate surface area is 112 Å². The summed E-state index contributed by atoms with van der Waals surface area (Å²) in [5.74, 6) is 0.425. The number of ether oxygens (including phenoxy) is 1. The summed E-state index contributed by atoms with van der Waals surface area (Å²) in [6.07, 6.45) is 4.82. The van der Waals surface area contributed by atoms with Crippen molar-refractivity contribution in [2.24, 2.45) is 0 Å². The molecule has 2 N–H and O–H groups in total. The number of nitrogens with zero attached hydrogens (tertiary/aromatic N) is 4. The van der Waals surface area contributed by atoms with E-state index in [1.165, 1.54) is 12.1 Å². The van der Waals surface area contributed by atoms with Gasteiger partial charge in [-0.3, -0.25) is 14.5 Å². The van der Waals surface area contributed by atoms with Gasteiger partial charge in [-0.1, -0.05) is 12.1 Å². The van der Waals surface area contributed by atoms with Gasteiger partial charge < -0.3 is 10.5 Å². The Morgan fingerprint density at radius 2 is 2.15 bits per heavy atom. The maximum Gasteiger partial charge on any atom is 0.311 e. The first-order chi connectivity index (χ1) is 9.65. The van der Waals surface area contributed by atoms with Crippen molar-refractivity contribution in [2.45, 2.75) is 0 Å². The molecular formula is C12H9N5O3. The number of nitro benzene ring substituents is 1. The minimum atomic E-state index is -0.523. The highest BCUT2D eigenvalue weighted by Gasteiger charge is 2.17. The van der Waals surface area contributed by atoms with Crippen LogP contribution in [0.4, 0.5) is 11.5 Å². The highest BCUT2D eigenvalue weighted by Crippen LogP contribution is 2.31. The topological polar surface area (TPSA) is 109 Å². The largest absolute Gasteiger partial charge is 0.428 e. The van der Waals surface area contributed by atoms with Crippen molar-refractivity contribution in [3.63, 3.8) is 0 Å². The molecule has 0 aliphatic carbocycles. The molecule has 0 bridgehead atoms. The number of nitrogens with two attached hydrogens (primary N) is 1. The van der Waals surface area contributed by atoms with E-state index in [1.54, 1.807) is 35.1 Å². The third-order valence-corrected chi connectivity index (χ3v) is 2.63. The minimum Gasteiger partial charge on any atom is -0.428 e. The number of fused-ring (bicyclic) bond motifs is 1. The van der Waals surface area contributed by atoms with Crippen LogP contribution in [0.15, 0.2) is 42.9 Å². The van der Waals surface area contributed by atoms with Crippen LogP contribution in [-0.2, 0) is 0 Å². The molecule has 0 amide bonds. The molecule has 0 saturated carbocycles. The molecule has 2 heterocycles. The number of para-hydroxylation sites is 2. The highest BCUT2D eigenvalue weighted by molar-refractivity contribution is 5.56. The molecule has 0 radical (unpaired) electrons. The minimum absolute atomic E-state index is 0.0838. The van der Waals surface area contributed by atoms with E-state index in [1.807, 2.05) is 0 Å². The van der Waals surface area contributed by atoms with Crippen LogP contribution in [0.1, 0.15) is 0 Å². The highest BCUT2D eigenvalue weighted by atomic mass is 16.6. The summed E-state index contributed by atoms with van der Waals surface area (Å²) in [5, 5.41) is 11.0. The van der Waals surface area contributed by atoms with Crippen LogP contribution in [0.5, 0.6) is 11.6 Å². The number of anilines is 1. The van der Waals surface area contributed by atoms with Crippen molar-refractivity contribution < 1.29 is 9.66 Å². The zero-order chi connectivity index (χ0) is 14.1. The van der Waals surface area contributed by atoms with Gasteiger partial charge in [-0.2, -0.15) is 4.98 Å². The predicted octanol–water partition coefficient (Wildman–Crippen LogP) is 2.01. The van der Waals surface area contributed by atoms with Gasteiger partial charge in [-0.05, 0) is 6.07 Å². The third-order valence-electron chi connectivity index (χ3n) is 2.63. The molecule has 0 fully saturated rings. The lowest BCUT2D eigenvalue weighted by Crippen LogP contribution is -2.00. The lowest BCUT2D eigenvalue weighted by atomic mass is 10.3. The summed E-state index contributed by atoms with van der Waals surface area (Å²) in [4.78, 5) is 18.5. The predicted molar refractivity (Wildman–Crippen MR) is 70.6 cm³/mol. The maximum absolute atomic E-state index is 11.0. The Bertz CT molecular complexity index is 799. The number of aromatic nitrogens is 3. The quantitative estimate of drug-likeness (QED) is 0.576. The van der Waals surface area contributed by atoms with E-state index in [-0.39, 0.29) is 23.1 Å². The Balaban J connectivity index is 2.10. The molecule has 3 aromatic rings. The van der Waals surface area contributed by atoms with Crippen LogP contribution in [0.3, 0.4) is 0 Å². The third kappa shape index (κ3) is 1.99. The molecule has 0 aliphatic heterocycles. The molecule has 8 nitrogen and oxygen atoms in total. The van der Waals surface area contributed by atoms with Crippen LogP contribution >= 0.6 is 0 Å². The van der Waals surface area contributed by atoms with E-state index >= 15 is 0 Å². The second-order valence-corrected chi connectivity index (χ2v) is 3.96. The van der Waals surface area contributed by atoms with Crippen molar-refractivity contribution in [1.82, 2.24) is 14.4 Å². The second kappa shape index (κ2) is 4.50. The number of hydrogen-bond donors (Lipinski definition) is 1. The number of nitro groups is 1. The Hall–Kier alpha value is -3.16. The van der Waals surface area contributed by atoms with Gasteiger partial charge in [0.05, 0.1) is 11.1 Å². The van der Waals surface area contributed by atoms with Crippen LogP contribution in [-0.4, -0.2) is 19.3 Å². The van der Waals surface area contributed by atoms with Crippen molar-refractivity contribution in [3.8, 4) is 11.6 Å². The van der Waals surface area contributed by atoms with Crippen LogP contribution in [0, 0.1) is 10.1 Å². The number of hydrogen-bond acceptors (Lipinski definition) is 6. The molecular weight excluding hydrogens is 262 g/mol. The Morgan fingerprint density at radius 3 is 2.95 bits per heavy atom. The van der Waals surface area contributed by atoms with Gasteiger partial charge in [0.25, 0.3) is 5.88 Å². The number of rotatable bonds is 3. The summed E-state index contributed by atoms with van der Waals surface area (Å²) < 4.78 is 7.14. The molecule has 8 heteroatoms. The zero-order valence-electron chi connectivity index (χ0n) is 10.1. The van der Waals surface area contributed by atoms with E-state index in [0.29, 0.717) is 5.65 Å². The summed E-state index contributed by atoms with van der Waals surface area (Å²) >= 11 is 0. The maximum atomic E-state index is 11.0. The van der Waals surface area contributed by atoms with Gasteiger partial charge in [-0.15, -0.1) is 0 Å². The molecule has 2 aromatic heterocycles. The van der Waals surface area contributed by atoms with Crippen molar-refractivity contribution in [2.75, 3.05) is 5.73 Å². The number of imidazole rings is 1. The van der Waals surface area contributed by atoms with Crippen LogP contribution in [0.25, 0.3) is 5.65 Å². The summed E-state index contributed by atoms with van der Waals surface area (Å²) in [5.41, 5.74) is 5.94. The first-order valence-electron chi connectivity index (χ1n) is 5.65. The van der Waals surface area contributed by atoms with E-state index in [2.05, 4.69) is 9.97 Å². The molecule has 0 unspecified atom stereocenters. The molecule has 0 saturated heterocycles. The van der Waals surface area contributed by atoms with Gasteiger partial charge in [0, 0.05) is 18.5 Å². The molecule has 3 rings (SSSR count). The van der Waals surface area contributed by atoms with E-state index in [4.69, 9.17) is 10.5 Å². The average Bonchev–Trinajstić information content (AvgIpc) is 2.87. The normalized spacial score (nSPS) is 10.6. The fourth-order valence-electron chi connectivity index (χ4n) is 1.79. The van der Waals surface area contributed by atoms with Gasteiger partial charge in [0.1, 0.15) is 5.82 Å². The van der Waals surface area contributed by atoms with Gasteiger partial charge in [0.15, 0.2) is 0 Å². The van der Waals surface area contributed by atoms with Gasteiger partial charge in [-0.25, -0.2) is 4.98 Å². The Morgan fingerprint density at radius 1 is 1.35 bits per heavy atom. The first kappa shape index (κ1) is 11.9. The van der Waals surface area contributed by atoms with E-state index in [0.717, 1.165) is 0 Å². The molecule has 100 valence electrons. The number of benzene rings is 1. The van der Waals surface area contributed by atoms with Crippen LogP contribution < -0.4 is 10.5 Å². The fourth-order valence-corrected chi connectivity index (χ4v) is 1.79. The van der Waals surface area contributed by atoms with Crippen LogP contribution in [0.2, 0.25) is 0 Å². The van der Waals surface area contributed by atoms with Crippen molar-refractivity contribution in [1.29, 1.82) is 0 Å². The molecule has 0 aliphatic rings. The number of nitrogen functional groups attached to an aromatic ring is 1. The molecule has 20 heavy (non-hydrogen) atoms. The van der Waals surface area contributed by atoms with E-state index in [9.17, 15) is 10.1 Å². The lowest BCUT2D eigenvalue weighted by molar-refractivity contribution is -0.385. The summed E-state index contributed by atoms with van der Waals surface area (Å²) in [6, 6.07) is 6.03. The second-order valence-electron chi connectivity index (χ2n) is 3.96. The molecule has 0 atom stereocenters. The van der Waals surface area contributed by atoms with Crippen molar-refractivity contribution >= 4 is 17.2 Å². The SMILES string of the molecule is Nc1cn2ccnc2c(Oc2ccccc2[N+](=O)[O-])n1. The monoisotopic (exact) mass is 271 g/mol. The van der Waals surface area contributed by atoms with Gasteiger partial charge in [0.2, 0.25) is 11.4 Å². The first-order valence-corrected chi connectivity index (χ1v) is 5.65. The smallest absolute Gasteiger partial charge is 0.311 e. The lowest BCUT2D eigenvalue weighted by Gasteiger charge is -2.07. The van der Waals surface area contributed by atoms with E-state index < -0.39 is 4.92 Å². The van der Waals surface area contributed by atoms with Gasteiger partial charge >= 0.3 is 5.69 Å². The standard InChI is InChI=1S/C12H9N5O3/c13-10-7-16-6-5-14-11(16)12(15-10)20-9-4-2-1-3-8(9)17(18)19/h1-7H,13H2. The fraction of sp³-hybridized carbons (Fsp3) is 0. The molecule has 0 spiro atoms. The summed E-state index contributed by atoms with van der Waals surface area (Å²) in [7, 11) is 0. The molecule has 1 aromatic carbocycles.